The predicted molar refractivity (Wildman–Crippen MR) is 38.2 cm³/mol. The van der Waals surface area contributed by atoms with Crippen LogP contribution in [0.2, 0.25) is 0 Å². The van der Waals surface area contributed by atoms with Crippen molar-refractivity contribution in [2.75, 3.05) is 28.3 Å². The summed E-state index contributed by atoms with van der Waals surface area (Å²) in [6.45, 7) is 0. The van der Waals surface area contributed by atoms with Gasteiger partial charge in [-0.2, -0.15) is 0 Å². The summed E-state index contributed by atoms with van der Waals surface area (Å²) < 4.78 is 9.73. The van der Waals surface area contributed by atoms with E-state index in [1.807, 2.05) is 19.0 Å². The van der Waals surface area contributed by atoms with Crippen LogP contribution in [0.25, 0.3) is 0 Å². The average molecular weight is 135 g/mol. The van der Waals surface area contributed by atoms with Crippen LogP contribution in [-0.4, -0.2) is 39.6 Å². The Hall–Kier alpha value is -0.120. The highest BCUT2D eigenvalue weighted by atomic mass is 16.7. The van der Waals surface area contributed by atoms with Crippen molar-refractivity contribution in [1.29, 1.82) is 0 Å². The van der Waals surface area contributed by atoms with Gasteiger partial charge in [-0.05, 0) is 14.1 Å². The summed E-state index contributed by atoms with van der Waals surface area (Å²) in [6.07, 6.45) is -0.213. The second-order valence-corrected chi connectivity index (χ2v) is 1.74. The molecule has 0 heterocycles. The minimum atomic E-state index is -0.213. The first-order valence-corrected chi connectivity index (χ1v) is 2.44. The Morgan fingerprint density at radius 1 is 1.11 bits per heavy atom. The van der Waals surface area contributed by atoms with Gasteiger partial charge in [0.25, 0.3) is 0 Å². The first-order valence-electron chi connectivity index (χ1n) is 2.44. The molecule has 0 aromatic rings. The van der Waals surface area contributed by atoms with E-state index in [0.717, 1.165) is 0 Å². The Bertz CT molecular complexity index is 53.0. The molecule has 0 saturated carbocycles. The predicted octanol–water partition coefficient (Wildman–Crippen LogP) is 0.760. The molecule has 0 radical (unpaired) electrons. The molecule has 0 aliphatic rings. The van der Waals surface area contributed by atoms with Gasteiger partial charge < -0.3 is 9.47 Å². The quantitative estimate of drug-likeness (QED) is 0.533. The number of methoxy groups -OCH3 is 2. The molecule has 3 nitrogen and oxygen atoms in total. The molecule has 0 spiro atoms. The second-order valence-electron chi connectivity index (χ2n) is 1.74. The van der Waals surface area contributed by atoms with Crippen molar-refractivity contribution >= 4 is 0 Å². The molecule has 0 rings (SSSR count). The van der Waals surface area contributed by atoms with Crippen LogP contribution in [0, 0.1) is 0 Å². The van der Waals surface area contributed by atoms with Crippen molar-refractivity contribution in [3.63, 3.8) is 0 Å². The van der Waals surface area contributed by atoms with Gasteiger partial charge >= 0.3 is 0 Å². The van der Waals surface area contributed by atoms with E-state index in [1.54, 1.807) is 14.2 Å². The lowest BCUT2D eigenvalue weighted by atomic mass is 10.9. The largest absolute Gasteiger partial charge is 0.343 e. The van der Waals surface area contributed by atoms with E-state index < -0.39 is 0 Å². The first-order chi connectivity index (χ1) is 3.72. The number of ether oxygens (including phenoxy) is 2. The number of hydrogen-bond donors (Lipinski definition) is 0. The van der Waals surface area contributed by atoms with Crippen LogP contribution in [0.4, 0.5) is 0 Å². The summed E-state index contributed by atoms with van der Waals surface area (Å²) in [4.78, 5) is 1.83. The molecule has 0 N–H and O–H groups in total. The van der Waals surface area contributed by atoms with Crippen LogP contribution in [0.3, 0.4) is 0 Å². The summed E-state index contributed by atoms with van der Waals surface area (Å²) in [5, 5.41) is 0. The van der Waals surface area contributed by atoms with Gasteiger partial charge in [-0.1, -0.05) is 7.43 Å². The Labute approximate surface area is 57.6 Å². The molecule has 0 amide bonds. The van der Waals surface area contributed by atoms with Gasteiger partial charge in [-0.25, -0.2) is 0 Å². The summed E-state index contributed by atoms with van der Waals surface area (Å²) in [5.74, 6) is 0. The normalized spacial score (nSPS) is 10.0. The van der Waals surface area contributed by atoms with Gasteiger partial charge in [0.05, 0.1) is 0 Å². The van der Waals surface area contributed by atoms with Crippen molar-refractivity contribution < 1.29 is 9.47 Å². The van der Waals surface area contributed by atoms with Gasteiger partial charge in [0.1, 0.15) is 0 Å². The minimum absolute atomic E-state index is 0. The summed E-state index contributed by atoms with van der Waals surface area (Å²) in [7, 11) is 6.98. The number of rotatable bonds is 3. The van der Waals surface area contributed by atoms with Crippen molar-refractivity contribution in [2.24, 2.45) is 0 Å². The molecule has 0 aliphatic heterocycles. The number of nitrogens with zero attached hydrogens (tertiary/aromatic N) is 1. The standard InChI is InChI=1S/C5H13NO2.CH4/c1-6(2)5(7-3)8-4;/h5H,1-4H3;1H4. The molecule has 0 unspecified atom stereocenters. The maximum Gasteiger partial charge on any atom is 0.217 e. The van der Waals surface area contributed by atoms with Gasteiger partial charge in [0.15, 0.2) is 0 Å². The molecular formula is C6H17NO2. The van der Waals surface area contributed by atoms with Crippen molar-refractivity contribution in [2.45, 2.75) is 13.8 Å². The van der Waals surface area contributed by atoms with E-state index in [0.29, 0.717) is 0 Å². The Kier molecular flexibility index (Phi) is 7.77. The summed E-state index contributed by atoms with van der Waals surface area (Å²) in [5.41, 5.74) is 0. The lowest BCUT2D eigenvalue weighted by Crippen LogP contribution is -2.30. The Morgan fingerprint density at radius 3 is 1.44 bits per heavy atom. The zero-order valence-electron chi connectivity index (χ0n) is 5.84. The summed E-state index contributed by atoms with van der Waals surface area (Å²) >= 11 is 0. The second kappa shape index (κ2) is 6.01. The smallest absolute Gasteiger partial charge is 0.217 e. The minimum Gasteiger partial charge on any atom is -0.343 e. The van der Waals surface area contributed by atoms with E-state index in [-0.39, 0.29) is 13.8 Å². The molecular weight excluding hydrogens is 118 g/mol. The van der Waals surface area contributed by atoms with Crippen LogP contribution >= 0.6 is 0 Å². The molecule has 0 aliphatic carbocycles. The highest BCUT2D eigenvalue weighted by Gasteiger charge is 2.04. The van der Waals surface area contributed by atoms with Gasteiger partial charge in [-0.15, -0.1) is 0 Å². The zero-order valence-corrected chi connectivity index (χ0v) is 5.84. The topological polar surface area (TPSA) is 21.7 Å². The lowest BCUT2D eigenvalue weighted by molar-refractivity contribution is -0.179. The molecule has 0 atom stereocenters. The maximum absolute atomic E-state index is 4.86. The highest BCUT2D eigenvalue weighted by Crippen LogP contribution is 1.91. The summed E-state index contributed by atoms with van der Waals surface area (Å²) in [6, 6.07) is 0. The first kappa shape index (κ1) is 11.6. The third kappa shape index (κ3) is 4.39. The van der Waals surface area contributed by atoms with E-state index in [9.17, 15) is 0 Å². The molecule has 9 heavy (non-hydrogen) atoms. The lowest BCUT2D eigenvalue weighted by Gasteiger charge is -2.19. The van der Waals surface area contributed by atoms with Crippen molar-refractivity contribution in [1.82, 2.24) is 4.90 Å². The SMILES string of the molecule is C.COC(OC)N(C)C. The average Bonchev–Trinajstić information content (AvgIpc) is 1.69. The van der Waals surface area contributed by atoms with Gasteiger partial charge in [0, 0.05) is 14.2 Å². The zero-order chi connectivity index (χ0) is 6.57. The van der Waals surface area contributed by atoms with Crippen LogP contribution in [0.1, 0.15) is 7.43 Å². The Balaban J connectivity index is 0. The van der Waals surface area contributed by atoms with Crippen LogP contribution in [0.15, 0.2) is 0 Å². The molecule has 0 bridgehead atoms. The third-order valence-corrected chi connectivity index (χ3v) is 0.825. The van der Waals surface area contributed by atoms with Gasteiger partial charge in [-0.3, -0.25) is 4.90 Å². The molecule has 0 aromatic heterocycles. The van der Waals surface area contributed by atoms with Crippen LogP contribution in [0.5, 0.6) is 0 Å². The fraction of sp³-hybridized carbons (Fsp3) is 1.00. The molecule has 58 valence electrons. The fourth-order valence-electron chi connectivity index (χ4n) is 0.518. The molecule has 0 fully saturated rings. The molecule has 3 heteroatoms. The Morgan fingerprint density at radius 2 is 1.44 bits per heavy atom. The number of hydrogen-bond acceptors (Lipinski definition) is 3. The van der Waals surface area contributed by atoms with E-state index in [4.69, 9.17) is 9.47 Å². The maximum atomic E-state index is 4.86. The molecule has 0 saturated heterocycles. The fourth-order valence-corrected chi connectivity index (χ4v) is 0.518. The third-order valence-electron chi connectivity index (χ3n) is 0.825. The van der Waals surface area contributed by atoms with Crippen LogP contribution in [-0.2, 0) is 9.47 Å². The monoisotopic (exact) mass is 135 g/mol. The van der Waals surface area contributed by atoms with E-state index in [1.165, 1.54) is 0 Å². The molecule has 0 aromatic carbocycles. The van der Waals surface area contributed by atoms with E-state index in [2.05, 4.69) is 0 Å². The van der Waals surface area contributed by atoms with E-state index >= 15 is 0 Å². The van der Waals surface area contributed by atoms with Crippen molar-refractivity contribution in [3.05, 3.63) is 0 Å². The van der Waals surface area contributed by atoms with Gasteiger partial charge in [0.2, 0.25) is 6.41 Å². The van der Waals surface area contributed by atoms with Crippen molar-refractivity contribution in [3.8, 4) is 0 Å². The van der Waals surface area contributed by atoms with Crippen LogP contribution < -0.4 is 0 Å². The highest BCUT2D eigenvalue weighted by molar-refractivity contribution is 4.33.